The van der Waals surface area contributed by atoms with Gasteiger partial charge in [-0.1, -0.05) is 36.2 Å². The van der Waals surface area contributed by atoms with Crippen LogP contribution >= 0.6 is 23.2 Å². The Hall–Kier alpha value is -2.43. The van der Waals surface area contributed by atoms with Gasteiger partial charge in [-0.15, -0.1) is 0 Å². The third-order valence-electron chi connectivity index (χ3n) is 6.41. The fourth-order valence-corrected chi connectivity index (χ4v) is 4.87. The summed E-state index contributed by atoms with van der Waals surface area (Å²) in [6, 6.07) is 2.97. The summed E-state index contributed by atoms with van der Waals surface area (Å²) in [4.78, 5) is 19.5. The second kappa shape index (κ2) is 8.35. The number of ether oxygens (including phenoxy) is 2. The number of aromatic amines is 1. The molecule has 1 N–H and O–H groups in total. The van der Waals surface area contributed by atoms with Gasteiger partial charge in [0.25, 0.3) is 0 Å². The molecule has 1 aliphatic rings. The molecule has 1 fully saturated rings. The second-order valence-corrected chi connectivity index (χ2v) is 8.94. The van der Waals surface area contributed by atoms with Crippen LogP contribution in [0.1, 0.15) is 37.1 Å². The van der Waals surface area contributed by atoms with Gasteiger partial charge in [0.15, 0.2) is 22.6 Å². The van der Waals surface area contributed by atoms with E-state index in [1.54, 1.807) is 0 Å². The van der Waals surface area contributed by atoms with Crippen LogP contribution in [-0.2, 0) is 4.74 Å². The molecule has 12 heteroatoms. The van der Waals surface area contributed by atoms with Crippen molar-refractivity contribution in [3.05, 3.63) is 67.7 Å². The van der Waals surface area contributed by atoms with Crippen LogP contribution in [0, 0.1) is 17.6 Å². The summed E-state index contributed by atoms with van der Waals surface area (Å²) in [5, 5.41) is -0.193. The minimum Gasteiger partial charge on any atom is -0.493 e. The van der Waals surface area contributed by atoms with Crippen LogP contribution in [0.5, 0.6) is 5.75 Å². The van der Waals surface area contributed by atoms with E-state index < -0.39 is 52.5 Å². The van der Waals surface area contributed by atoms with E-state index in [2.05, 4.69) is 9.97 Å². The molecule has 1 aliphatic heterocycles. The first kappa shape index (κ1) is 24.7. The van der Waals surface area contributed by atoms with Gasteiger partial charge in [-0.25, -0.2) is 9.37 Å². The van der Waals surface area contributed by atoms with Gasteiger partial charge in [-0.3, -0.25) is 4.79 Å². The third kappa shape index (κ3) is 3.63. The molecule has 0 bridgehead atoms. The van der Waals surface area contributed by atoms with E-state index in [4.69, 9.17) is 32.7 Å². The van der Waals surface area contributed by atoms with Gasteiger partial charge < -0.3 is 14.5 Å². The highest BCUT2D eigenvalue weighted by atomic mass is 35.5. The first-order valence-corrected chi connectivity index (χ1v) is 10.7. The Morgan fingerprint density at radius 2 is 1.91 bits per heavy atom. The molecule has 4 atom stereocenters. The highest BCUT2D eigenvalue weighted by molar-refractivity contribution is 6.38. The number of benzene rings is 1. The van der Waals surface area contributed by atoms with Crippen LogP contribution in [-0.4, -0.2) is 28.9 Å². The van der Waals surface area contributed by atoms with E-state index >= 15 is 0 Å². The summed E-state index contributed by atoms with van der Waals surface area (Å²) in [5.41, 5.74) is -3.40. The number of halogens is 7. The second-order valence-electron chi connectivity index (χ2n) is 8.18. The van der Waals surface area contributed by atoms with Crippen LogP contribution in [0.3, 0.4) is 0 Å². The first-order valence-electron chi connectivity index (χ1n) is 9.95. The lowest BCUT2D eigenvalue weighted by molar-refractivity contribution is -0.275. The van der Waals surface area contributed by atoms with Crippen molar-refractivity contribution >= 4 is 34.1 Å². The number of hydrogen-bond acceptors (Lipinski definition) is 4. The predicted octanol–water partition coefficient (Wildman–Crippen LogP) is 6.33. The normalized spacial score (nSPS) is 25.2. The zero-order valence-electron chi connectivity index (χ0n) is 17.9. The van der Waals surface area contributed by atoms with Gasteiger partial charge in [0, 0.05) is 35.4 Å². The number of alkyl halides is 3. The molecule has 4 rings (SSSR count). The molecule has 1 aromatic carbocycles. The number of aromatic nitrogens is 2. The Bertz CT molecular complexity index is 1350. The zero-order valence-corrected chi connectivity index (χ0v) is 19.4. The Balaban J connectivity index is 2.00. The molecule has 0 amide bonds. The smallest absolute Gasteiger partial charge is 0.417 e. The summed E-state index contributed by atoms with van der Waals surface area (Å²) in [5.74, 6) is -5.62. The molecule has 1 saturated heterocycles. The van der Waals surface area contributed by atoms with Crippen molar-refractivity contribution in [2.24, 2.45) is 5.92 Å². The predicted molar refractivity (Wildman–Crippen MR) is 115 cm³/mol. The summed E-state index contributed by atoms with van der Waals surface area (Å²) in [7, 11) is 1.08. The highest BCUT2D eigenvalue weighted by Crippen LogP contribution is 2.59. The number of methoxy groups -OCH3 is 1. The molecular formula is C22H17Cl2F5N2O3. The van der Waals surface area contributed by atoms with Gasteiger partial charge in [-0.2, -0.15) is 17.6 Å². The van der Waals surface area contributed by atoms with E-state index in [1.165, 1.54) is 13.1 Å². The Morgan fingerprint density at radius 3 is 2.53 bits per heavy atom. The molecule has 0 spiro atoms. The van der Waals surface area contributed by atoms with Crippen molar-refractivity contribution in [1.82, 2.24) is 9.97 Å². The molecule has 34 heavy (non-hydrogen) atoms. The number of nitrogens with zero attached hydrogens (tertiary/aromatic N) is 1. The van der Waals surface area contributed by atoms with Crippen LogP contribution in [0.25, 0.3) is 10.9 Å². The van der Waals surface area contributed by atoms with E-state index in [-0.39, 0.29) is 32.3 Å². The van der Waals surface area contributed by atoms with Crippen LogP contribution in [0.2, 0.25) is 10.2 Å². The average molecular weight is 523 g/mol. The third-order valence-corrected chi connectivity index (χ3v) is 6.98. The fourth-order valence-electron chi connectivity index (χ4n) is 4.44. The largest absolute Gasteiger partial charge is 0.493 e. The topological polar surface area (TPSA) is 64.2 Å². The quantitative estimate of drug-likeness (QED) is 0.322. The van der Waals surface area contributed by atoms with E-state index in [9.17, 15) is 26.7 Å². The lowest BCUT2D eigenvalue weighted by Gasteiger charge is -2.32. The molecule has 3 heterocycles. The molecule has 0 unspecified atom stereocenters. The number of rotatable bonds is 3. The number of fused-ring (bicyclic) bond motifs is 1. The molecule has 5 nitrogen and oxygen atoms in total. The monoisotopic (exact) mass is 522 g/mol. The number of nitrogens with one attached hydrogen (secondary N) is 1. The number of hydrogen-bond donors (Lipinski definition) is 1. The minimum absolute atomic E-state index is 0.00457. The lowest BCUT2D eigenvalue weighted by Crippen LogP contribution is -2.46. The maximum Gasteiger partial charge on any atom is 0.417 e. The van der Waals surface area contributed by atoms with Crippen molar-refractivity contribution in [3.63, 3.8) is 0 Å². The summed E-state index contributed by atoms with van der Waals surface area (Å²) in [6.45, 7) is 2.15. The zero-order chi connectivity index (χ0) is 25.2. The minimum atomic E-state index is -4.83. The molecule has 0 saturated carbocycles. The maximum absolute atomic E-state index is 14.5. The number of pyridine rings is 2. The SMILES string of the molecule is COc1c([C@H]2[C@H](c3cc(=O)c4c(Cl)ncc(Cl)c4[nH]3)O[C@@](C)(C(F)(F)F)[C@H]2C)ccc(F)c1F. The molecule has 0 aliphatic carbocycles. The molecule has 3 aromatic rings. The van der Waals surface area contributed by atoms with Crippen LogP contribution in [0.4, 0.5) is 22.0 Å². The van der Waals surface area contributed by atoms with Crippen molar-refractivity contribution in [1.29, 1.82) is 0 Å². The van der Waals surface area contributed by atoms with E-state index in [0.29, 0.717) is 0 Å². The van der Waals surface area contributed by atoms with E-state index in [1.807, 2.05) is 0 Å². The van der Waals surface area contributed by atoms with Gasteiger partial charge in [-0.05, 0) is 13.0 Å². The maximum atomic E-state index is 14.5. The van der Waals surface area contributed by atoms with Gasteiger partial charge in [0.2, 0.25) is 5.82 Å². The van der Waals surface area contributed by atoms with Crippen molar-refractivity contribution in [3.8, 4) is 5.75 Å². The van der Waals surface area contributed by atoms with Crippen molar-refractivity contribution in [2.75, 3.05) is 7.11 Å². The lowest BCUT2D eigenvalue weighted by atomic mass is 9.76. The highest BCUT2D eigenvalue weighted by Gasteiger charge is 2.65. The fraction of sp³-hybridized carbons (Fsp3) is 0.364. The molecule has 182 valence electrons. The van der Waals surface area contributed by atoms with Crippen molar-refractivity contribution in [2.45, 2.75) is 37.6 Å². The Labute approximate surface area is 199 Å². The Kier molecular flexibility index (Phi) is 6.06. The summed E-state index contributed by atoms with van der Waals surface area (Å²) < 4.78 is 81.4. The van der Waals surface area contributed by atoms with Crippen molar-refractivity contribution < 1.29 is 31.4 Å². The average Bonchev–Trinajstić information content (AvgIpc) is 3.04. The van der Waals surface area contributed by atoms with Gasteiger partial charge >= 0.3 is 6.18 Å². The molecule has 0 radical (unpaired) electrons. The van der Waals surface area contributed by atoms with Crippen LogP contribution in [0.15, 0.2) is 29.2 Å². The van der Waals surface area contributed by atoms with Gasteiger partial charge in [0.1, 0.15) is 11.3 Å². The Morgan fingerprint density at radius 1 is 1.24 bits per heavy atom. The first-order chi connectivity index (χ1) is 15.8. The van der Waals surface area contributed by atoms with Crippen LogP contribution < -0.4 is 10.2 Å². The summed E-state index contributed by atoms with van der Waals surface area (Å²) in [6.07, 6.45) is -5.08. The molecular weight excluding hydrogens is 506 g/mol. The summed E-state index contributed by atoms with van der Waals surface area (Å²) >= 11 is 12.2. The van der Waals surface area contributed by atoms with Gasteiger partial charge in [0.05, 0.1) is 23.0 Å². The number of H-pyrrole nitrogens is 1. The van der Waals surface area contributed by atoms with E-state index in [0.717, 1.165) is 32.2 Å². The standard InChI is InChI=1S/C22H17Cl2F5N2O3/c1-8-14(9-4-5-11(25)16(26)18(9)33-3)19(34-21(8,2)22(27,28)29)12-6-13(32)15-17(31-12)10(23)7-30-20(15)24/h4-8,14,19H,1-3H3,(H,31,32)/t8-,14-,19-,21+/m0/s1. The molecule has 2 aromatic heterocycles.